The Hall–Kier alpha value is -0.520. The first kappa shape index (κ1) is 11.6. The minimum Gasteiger partial charge on any atom is -0.271 e. The third-order valence-corrected chi connectivity index (χ3v) is 2.88. The first-order valence-corrected chi connectivity index (χ1v) is 5.53. The summed E-state index contributed by atoms with van der Waals surface area (Å²) < 4.78 is 3.83. The van der Waals surface area contributed by atoms with Crippen LogP contribution >= 0.6 is 11.5 Å². The number of nitrogens with one attached hydrogen (secondary N) is 1. The molecule has 0 aliphatic carbocycles. The summed E-state index contributed by atoms with van der Waals surface area (Å²) >= 11 is 1.40. The second kappa shape index (κ2) is 4.82. The van der Waals surface area contributed by atoms with Gasteiger partial charge < -0.3 is 0 Å². The maximum atomic E-state index is 5.49. The van der Waals surface area contributed by atoms with Crippen molar-refractivity contribution in [2.45, 2.75) is 39.7 Å². The van der Waals surface area contributed by atoms with Crippen molar-refractivity contribution >= 4 is 11.5 Å². The largest absolute Gasteiger partial charge is 0.271 e. The van der Waals surface area contributed by atoms with Crippen molar-refractivity contribution in [3.05, 3.63) is 11.1 Å². The van der Waals surface area contributed by atoms with Gasteiger partial charge in [-0.05, 0) is 29.8 Å². The van der Waals surface area contributed by atoms with Crippen molar-refractivity contribution in [1.82, 2.24) is 15.0 Å². The van der Waals surface area contributed by atoms with Gasteiger partial charge in [0.05, 0.1) is 17.1 Å². The minimum absolute atomic E-state index is 0.189. The normalized spacial score (nSPS) is 14.3. The number of nitrogens with two attached hydrogens (primary N) is 1. The fourth-order valence-electron chi connectivity index (χ4n) is 1.21. The van der Waals surface area contributed by atoms with Crippen LogP contribution in [0.2, 0.25) is 0 Å². The predicted molar refractivity (Wildman–Crippen MR) is 58.7 cm³/mol. The Morgan fingerprint density at radius 3 is 2.71 bits per heavy atom. The molecule has 0 aliphatic rings. The molecule has 0 aromatic carbocycles. The summed E-state index contributed by atoms with van der Waals surface area (Å²) in [5, 5.41) is 3.81. The van der Waals surface area contributed by atoms with Gasteiger partial charge in [-0.2, -0.15) is 0 Å². The average molecular weight is 214 g/mol. The third-order valence-electron chi connectivity index (χ3n) is 2.11. The van der Waals surface area contributed by atoms with Crippen LogP contribution in [0.3, 0.4) is 0 Å². The fourth-order valence-corrected chi connectivity index (χ4v) is 1.81. The number of hydrazine groups is 1. The van der Waals surface area contributed by atoms with Crippen molar-refractivity contribution < 1.29 is 0 Å². The van der Waals surface area contributed by atoms with Crippen LogP contribution in [-0.2, 0) is 0 Å². The number of hydrogen-bond donors (Lipinski definition) is 2. The van der Waals surface area contributed by atoms with E-state index >= 15 is 0 Å². The first-order valence-electron chi connectivity index (χ1n) is 4.76. The molecular formula is C9H18N4S. The van der Waals surface area contributed by atoms with E-state index in [2.05, 4.69) is 35.8 Å². The van der Waals surface area contributed by atoms with E-state index in [1.807, 2.05) is 0 Å². The zero-order chi connectivity index (χ0) is 10.6. The monoisotopic (exact) mass is 214 g/mol. The standard InChI is InChI=1S/C9H18N4S/c1-9(2,3)5-4-7(12-10)8-6-11-13-14-8/h6-7,12H,4-5,10H2,1-3H3. The van der Waals surface area contributed by atoms with Gasteiger partial charge in [0.1, 0.15) is 0 Å². The number of nitrogens with zero attached hydrogens (tertiary/aromatic N) is 2. The molecule has 1 aromatic rings. The lowest BCUT2D eigenvalue weighted by Crippen LogP contribution is -2.28. The molecule has 1 rings (SSSR count). The Balaban J connectivity index is 2.49. The molecule has 3 N–H and O–H groups in total. The van der Waals surface area contributed by atoms with Crippen molar-refractivity contribution in [2.24, 2.45) is 11.3 Å². The molecule has 1 atom stereocenters. The lowest BCUT2D eigenvalue weighted by atomic mass is 9.88. The molecule has 0 saturated carbocycles. The summed E-state index contributed by atoms with van der Waals surface area (Å²) in [6.45, 7) is 6.68. The van der Waals surface area contributed by atoms with E-state index in [-0.39, 0.29) is 6.04 Å². The molecule has 1 unspecified atom stereocenters. The summed E-state index contributed by atoms with van der Waals surface area (Å²) in [4.78, 5) is 1.11. The van der Waals surface area contributed by atoms with E-state index in [1.165, 1.54) is 11.5 Å². The van der Waals surface area contributed by atoms with Gasteiger partial charge in [0.15, 0.2) is 0 Å². The molecule has 1 heterocycles. The molecule has 4 nitrogen and oxygen atoms in total. The highest BCUT2D eigenvalue weighted by Gasteiger charge is 2.17. The van der Waals surface area contributed by atoms with Crippen LogP contribution in [0.25, 0.3) is 0 Å². The topological polar surface area (TPSA) is 63.8 Å². The highest BCUT2D eigenvalue weighted by molar-refractivity contribution is 7.05. The summed E-state index contributed by atoms with van der Waals surface area (Å²) in [5.41, 5.74) is 3.15. The molecule has 80 valence electrons. The molecular weight excluding hydrogens is 196 g/mol. The van der Waals surface area contributed by atoms with E-state index < -0.39 is 0 Å². The maximum Gasteiger partial charge on any atom is 0.0669 e. The van der Waals surface area contributed by atoms with Crippen LogP contribution in [0.1, 0.15) is 44.5 Å². The molecule has 1 aromatic heterocycles. The Bertz CT molecular complexity index is 252. The highest BCUT2D eigenvalue weighted by atomic mass is 32.1. The Morgan fingerprint density at radius 2 is 2.29 bits per heavy atom. The highest BCUT2D eigenvalue weighted by Crippen LogP contribution is 2.27. The van der Waals surface area contributed by atoms with Gasteiger partial charge in [-0.3, -0.25) is 11.3 Å². The Kier molecular flexibility index (Phi) is 3.97. The number of hydrogen-bond acceptors (Lipinski definition) is 5. The van der Waals surface area contributed by atoms with E-state index in [1.54, 1.807) is 6.20 Å². The fraction of sp³-hybridized carbons (Fsp3) is 0.778. The quantitative estimate of drug-likeness (QED) is 0.593. The Labute approximate surface area is 89.0 Å². The average Bonchev–Trinajstić information content (AvgIpc) is 2.56. The maximum absolute atomic E-state index is 5.49. The van der Waals surface area contributed by atoms with E-state index in [4.69, 9.17) is 5.84 Å². The molecule has 0 spiro atoms. The van der Waals surface area contributed by atoms with Crippen LogP contribution in [0.15, 0.2) is 6.20 Å². The predicted octanol–water partition coefficient (Wildman–Crippen LogP) is 1.87. The van der Waals surface area contributed by atoms with Crippen LogP contribution < -0.4 is 11.3 Å². The molecule has 0 aliphatic heterocycles. The second-order valence-corrected chi connectivity index (χ2v) is 5.46. The summed E-state index contributed by atoms with van der Waals surface area (Å²) in [6.07, 6.45) is 3.92. The Morgan fingerprint density at radius 1 is 1.57 bits per heavy atom. The summed E-state index contributed by atoms with van der Waals surface area (Å²) in [6, 6.07) is 0.189. The van der Waals surface area contributed by atoms with Gasteiger partial charge in [-0.25, -0.2) is 0 Å². The van der Waals surface area contributed by atoms with Gasteiger partial charge in [0.25, 0.3) is 0 Å². The third kappa shape index (κ3) is 3.69. The van der Waals surface area contributed by atoms with Crippen molar-refractivity contribution in [3.8, 4) is 0 Å². The van der Waals surface area contributed by atoms with E-state index in [0.717, 1.165) is 17.7 Å². The van der Waals surface area contributed by atoms with Gasteiger partial charge in [-0.15, -0.1) is 5.10 Å². The van der Waals surface area contributed by atoms with Gasteiger partial charge >= 0.3 is 0 Å². The van der Waals surface area contributed by atoms with Gasteiger partial charge in [0, 0.05) is 0 Å². The number of rotatable bonds is 4. The van der Waals surface area contributed by atoms with Crippen LogP contribution in [0, 0.1) is 5.41 Å². The molecule has 0 fully saturated rings. The zero-order valence-electron chi connectivity index (χ0n) is 8.95. The second-order valence-electron chi connectivity index (χ2n) is 4.64. The van der Waals surface area contributed by atoms with Crippen molar-refractivity contribution in [2.75, 3.05) is 0 Å². The first-order chi connectivity index (χ1) is 6.53. The molecule has 0 saturated heterocycles. The van der Waals surface area contributed by atoms with Gasteiger partial charge in [0.2, 0.25) is 0 Å². The van der Waals surface area contributed by atoms with Crippen LogP contribution in [-0.4, -0.2) is 9.59 Å². The van der Waals surface area contributed by atoms with Crippen LogP contribution in [0.5, 0.6) is 0 Å². The smallest absolute Gasteiger partial charge is 0.0669 e. The molecule has 5 heteroatoms. The number of aromatic nitrogens is 2. The van der Waals surface area contributed by atoms with E-state index in [9.17, 15) is 0 Å². The molecule has 0 radical (unpaired) electrons. The lowest BCUT2D eigenvalue weighted by Gasteiger charge is -2.21. The van der Waals surface area contributed by atoms with Crippen molar-refractivity contribution in [1.29, 1.82) is 0 Å². The minimum atomic E-state index is 0.189. The zero-order valence-corrected chi connectivity index (χ0v) is 9.77. The molecule has 0 bridgehead atoms. The summed E-state index contributed by atoms with van der Waals surface area (Å²) in [5.74, 6) is 5.49. The molecule has 14 heavy (non-hydrogen) atoms. The van der Waals surface area contributed by atoms with Gasteiger partial charge in [-0.1, -0.05) is 25.3 Å². The SMILES string of the molecule is CC(C)(C)CCC(NN)c1cnns1. The van der Waals surface area contributed by atoms with Crippen LogP contribution in [0.4, 0.5) is 0 Å². The van der Waals surface area contributed by atoms with Crippen molar-refractivity contribution in [3.63, 3.8) is 0 Å². The molecule has 0 amide bonds. The lowest BCUT2D eigenvalue weighted by molar-refractivity contribution is 0.335. The van der Waals surface area contributed by atoms with E-state index in [0.29, 0.717) is 5.41 Å². The summed E-state index contributed by atoms with van der Waals surface area (Å²) in [7, 11) is 0.